The van der Waals surface area contributed by atoms with Crippen molar-refractivity contribution in [2.24, 2.45) is 10.9 Å². The molecule has 1 fully saturated rings. The molecule has 0 aromatic carbocycles. The summed E-state index contributed by atoms with van der Waals surface area (Å²) in [7, 11) is 0. The van der Waals surface area contributed by atoms with Crippen LogP contribution in [0.4, 0.5) is 0 Å². The van der Waals surface area contributed by atoms with Gasteiger partial charge in [0.15, 0.2) is 0 Å². The molecule has 0 radical (unpaired) electrons. The van der Waals surface area contributed by atoms with Gasteiger partial charge in [-0.1, -0.05) is 0 Å². The zero-order valence-corrected chi connectivity index (χ0v) is 5.30. The molecule has 2 aliphatic rings. The highest BCUT2D eigenvalue weighted by atomic mass is 14.9. The molecule has 0 aliphatic carbocycles. The van der Waals surface area contributed by atoms with Gasteiger partial charge in [0.2, 0.25) is 0 Å². The molecule has 1 saturated heterocycles. The zero-order chi connectivity index (χ0) is 6.10. The summed E-state index contributed by atoms with van der Waals surface area (Å²) >= 11 is 0. The summed E-state index contributed by atoms with van der Waals surface area (Å²) in [4.78, 5) is 4.18. The molecule has 2 aliphatic heterocycles. The van der Waals surface area contributed by atoms with Gasteiger partial charge in [0.25, 0.3) is 0 Å². The molecule has 0 aromatic rings. The van der Waals surface area contributed by atoms with Crippen LogP contribution in [-0.2, 0) is 0 Å². The third-order valence-electron chi connectivity index (χ3n) is 1.96. The Balaban J connectivity index is 2.23. The minimum Gasteiger partial charge on any atom is -0.312 e. The second-order valence-corrected chi connectivity index (χ2v) is 2.58. The summed E-state index contributed by atoms with van der Waals surface area (Å²) < 4.78 is 0. The van der Waals surface area contributed by atoms with E-state index in [0.29, 0.717) is 0 Å². The Hall–Kier alpha value is -0.630. The lowest BCUT2D eigenvalue weighted by molar-refractivity contribution is 0.662. The molecule has 2 heterocycles. The Morgan fingerprint density at radius 2 is 2.67 bits per heavy atom. The van der Waals surface area contributed by atoms with Crippen molar-refractivity contribution in [3.05, 3.63) is 11.6 Å². The minimum absolute atomic E-state index is 0.718. The van der Waals surface area contributed by atoms with Gasteiger partial charge in [0, 0.05) is 31.8 Å². The van der Waals surface area contributed by atoms with Crippen LogP contribution in [0.3, 0.4) is 0 Å². The smallest absolute Gasteiger partial charge is 0.0467 e. The normalized spacial score (nSPS) is 32.0. The molecule has 1 atom stereocenters. The summed E-state index contributed by atoms with van der Waals surface area (Å²) in [5.41, 5.74) is 1.53. The van der Waals surface area contributed by atoms with Crippen LogP contribution in [0.2, 0.25) is 0 Å². The molecular weight excluding hydrogens is 112 g/mol. The van der Waals surface area contributed by atoms with E-state index < -0.39 is 0 Å². The highest BCUT2D eigenvalue weighted by Crippen LogP contribution is 2.17. The Morgan fingerprint density at radius 1 is 1.67 bits per heavy atom. The fourth-order valence-corrected chi connectivity index (χ4v) is 1.38. The van der Waals surface area contributed by atoms with E-state index in [1.165, 1.54) is 5.57 Å². The molecule has 0 aromatic heterocycles. The van der Waals surface area contributed by atoms with E-state index in [1.54, 1.807) is 0 Å². The van der Waals surface area contributed by atoms with Crippen molar-refractivity contribution in [3.8, 4) is 0 Å². The molecule has 0 amide bonds. The quantitative estimate of drug-likeness (QED) is 0.488. The highest BCUT2D eigenvalue weighted by Gasteiger charge is 2.20. The van der Waals surface area contributed by atoms with Crippen molar-refractivity contribution < 1.29 is 0 Å². The molecule has 2 heteroatoms. The first-order valence-electron chi connectivity index (χ1n) is 3.36. The molecule has 9 heavy (non-hydrogen) atoms. The molecule has 2 nitrogen and oxygen atoms in total. The average Bonchev–Trinajstić information content (AvgIpc) is 2.33. The van der Waals surface area contributed by atoms with Crippen LogP contribution in [0, 0.1) is 5.92 Å². The standard InChI is InChI=1S/C7H10N2/c1-2-8-4-7-5-9-3-6(1)7/h1-2,7,9H,3-5H2. The Kier molecular flexibility index (Phi) is 1.12. The van der Waals surface area contributed by atoms with Crippen LogP contribution in [-0.4, -0.2) is 25.8 Å². The predicted molar refractivity (Wildman–Crippen MR) is 37.8 cm³/mol. The summed E-state index contributed by atoms with van der Waals surface area (Å²) in [6, 6.07) is 0. The van der Waals surface area contributed by atoms with Crippen LogP contribution < -0.4 is 5.32 Å². The second kappa shape index (κ2) is 1.95. The lowest BCUT2D eigenvalue weighted by atomic mass is 10.0. The van der Waals surface area contributed by atoms with Crippen LogP contribution >= 0.6 is 0 Å². The Bertz CT molecular complexity index is 170. The van der Waals surface area contributed by atoms with Crippen LogP contribution in [0.25, 0.3) is 0 Å². The largest absolute Gasteiger partial charge is 0.312 e. The van der Waals surface area contributed by atoms with E-state index in [-0.39, 0.29) is 0 Å². The molecule has 0 spiro atoms. The van der Waals surface area contributed by atoms with Crippen molar-refractivity contribution in [2.45, 2.75) is 0 Å². The number of fused-ring (bicyclic) bond motifs is 1. The van der Waals surface area contributed by atoms with Gasteiger partial charge in [-0.3, -0.25) is 4.99 Å². The molecule has 1 unspecified atom stereocenters. The summed E-state index contributed by atoms with van der Waals surface area (Å²) in [6.07, 6.45) is 4.05. The van der Waals surface area contributed by atoms with Gasteiger partial charge in [0.05, 0.1) is 0 Å². The third kappa shape index (κ3) is 0.793. The van der Waals surface area contributed by atoms with Gasteiger partial charge >= 0.3 is 0 Å². The number of allylic oxidation sites excluding steroid dienone is 1. The SMILES string of the molecule is C1=NCC2CNCC2=C1. The topological polar surface area (TPSA) is 24.4 Å². The number of nitrogens with zero attached hydrogens (tertiary/aromatic N) is 1. The number of nitrogens with one attached hydrogen (secondary N) is 1. The van der Waals surface area contributed by atoms with Gasteiger partial charge in [0.1, 0.15) is 0 Å². The van der Waals surface area contributed by atoms with E-state index in [1.807, 2.05) is 6.21 Å². The van der Waals surface area contributed by atoms with E-state index in [4.69, 9.17) is 0 Å². The number of hydrogen-bond acceptors (Lipinski definition) is 2. The molecule has 0 bridgehead atoms. The predicted octanol–water partition coefficient (Wildman–Crippen LogP) is 0.217. The monoisotopic (exact) mass is 122 g/mol. The maximum Gasteiger partial charge on any atom is 0.0467 e. The summed E-state index contributed by atoms with van der Waals surface area (Å²) in [5.74, 6) is 0.718. The van der Waals surface area contributed by atoms with E-state index >= 15 is 0 Å². The number of hydrogen-bond donors (Lipinski definition) is 1. The zero-order valence-electron chi connectivity index (χ0n) is 5.30. The lowest BCUT2D eigenvalue weighted by Crippen LogP contribution is -2.12. The fraction of sp³-hybridized carbons (Fsp3) is 0.571. The first-order valence-corrected chi connectivity index (χ1v) is 3.36. The van der Waals surface area contributed by atoms with Crippen molar-refractivity contribution in [1.29, 1.82) is 0 Å². The molecule has 48 valence electrons. The van der Waals surface area contributed by atoms with Gasteiger partial charge in [-0.15, -0.1) is 0 Å². The third-order valence-corrected chi connectivity index (χ3v) is 1.96. The van der Waals surface area contributed by atoms with Gasteiger partial charge in [-0.25, -0.2) is 0 Å². The number of dihydropyridines is 1. The Labute approximate surface area is 54.7 Å². The number of rotatable bonds is 0. The minimum atomic E-state index is 0.718. The summed E-state index contributed by atoms with van der Waals surface area (Å²) in [5, 5.41) is 3.32. The van der Waals surface area contributed by atoms with Crippen LogP contribution in [0.1, 0.15) is 0 Å². The van der Waals surface area contributed by atoms with Crippen molar-refractivity contribution in [3.63, 3.8) is 0 Å². The molecule has 2 rings (SSSR count). The molecule has 0 saturated carbocycles. The van der Waals surface area contributed by atoms with E-state index in [9.17, 15) is 0 Å². The van der Waals surface area contributed by atoms with Gasteiger partial charge in [-0.2, -0.15) is 0 Å². The van der Waals surface area contributed by atoms with Gasteiger partial charge < -0.3 is 5.32 Å². The molecule has 1 N–H and O–H groups in total. The van der Waals surface area contributed by atoms with E-state index in [2.05, 4.69) is 16.4 Å². The average molecular weight is 122 g/mol. The Morgan fingerprint density at radius 3 is 3.56 bits per heavy atom. The fourth-order valence-electron chi connectivity index (χ4n) is 1.38. The van der Waals surface area contributed by atoms with Crippen molar-refractivity contribution >= 4 is 6.21 Å². The van der Waals surface area contributed by atoms with Gasteiger partial charge in [-0.05, 0) is 11.6 Å². The van der Waals surface area contributed by atoms with Crippen LogP contribution in [0.5, 0.6) is 0 Å². The first kappa shape index (κ1) is 5.18. The van der Waals surface area contributed by atoms with E-state index in [0.717, 1.165) is 25.6 Å². The second-order valence-electron chi connectivity index (χ2n) is 2.58. The molecular formula is C7H10N2. The van der Waals surface area contributed by atoms with Crippen molar-refractivity contribution in [2.75, 3.05) is 19.6 Å². The summed E-state index contributed by atoms with van der Waals surface area (Å²) in [6.45, 7) is 3.21. The first-order chi connectivity index (χ1) is 4.47. The highest BCUT2D eigenvalue weighted by molar-refractivity contribution is 5.73. The van der Waals surface area contributed by atoms with Crippen LogP contribution in [0.15, 0.2) is 16.6 Å². The van der Waals surface area contributed by atoms with Crippen molar-refractivity contribution in [1.82, 2.24) is 5.32 Å². The number of aliphatic imine (C=N–C) groups is 1. The maximum absolute atomic E-state index is 4.18. The lowest BCUT2D eigenvalue weighted by Gasteiger charge is -2.09. The maximum atomic E-state index is 4.18.